The molecule has 0 aliphatic carbocycles. The number of non-ortho nitro benzene ring substituents is 1. The van der Waals surface area contributed by atoms with E-state index < -0.39 is 26.6 Å². The number of nitro groups is 1. The van der Waals surface area contributed by atoms with Gasteiger partial charge in [0.25, 0.3) is 21.6 Å². The Labute approximate surface area is 285 Å². The topological polar surface area (TPSA) is 148 Å². The summed E-state index contributed by atoms with van der Waals surface area (Å²) in [5.74, 6) is -1.18. The number of nitrogens with zero attached hydrogens (tertiary/aromatic N) is 4. The Morgan fingerprint density at radius 2 is 1.24 bits per heavy atom. The van der Waals surface area contributed by atoms with Gasteiger partial charge in [0.05, 0.1) is 32.4 Å². The van der Waals surface area contributed by atoms with Crippen LogP contribution in [0.2, 0.25) is 0 Å². The number of phenolic OH excluding ortho intramolecular Hbond substituents is 1. The van der Waals surface area contributed by atoms with Crippen molar-refractivity contribution in [2.24, 2.45) is 0 Å². The number of sulfonamides is 1. The van der Waals surface area contributed by atoms with Crippen LogP contribution in [-0.2, 0) is 10.0 Å². The van der Waals surface area contributed by atoms with Crippen molar-refractivity contribution in [1.29, 1.82) is 0 Å². The summed E-state index contributed by atoms with van der Waals surface area (Å²) in [6.07, 6.45) is 0. The van der Waals surface area contributed by atoms with Crippen LogP contribution in [0.3, 0.4) is 0 Å². The Morgan fingerprint density at radius 3 is 1.78 bits per heavy atom. The molecule has 1 amide bonds. The molecule has 49 heavy (non-hydrogen) atoms. The van der Waals surface area contributed by atoms with Gasteiger partial charge >= 0.3 is 0 Å². The Kier molecular flexibility index (Phi) is 9.76. The maximum absolute atomic E-state index is 14.6. The average molecular weight is 681 g/mol. The Hall–Kier alpha value is -6.08. The van der Waals surface area contributed by atoms with Crippen LogP contribution in [0.25, 0.3) is 0 Å². The van der Waals surface area contributed by atoms with Gasteiger partial charge in [-0.1, -0.05) is 17.7 Å². The number of hydrogen-bond donors (Lipinski definition) is 3. The molecule has 0 spiro atoms. The van der Waals surface area contributed by atoms with Crippen LogP contribution in [-0.4, -0.2) is 52.5 Å². The summed E-state index contributed by atoms with van der Waals surface area (Å²) < 4.78 is 30.3. The highest BCUT2D eigenvalue weighted by molar-refractivity contribution is 7.93. The van der Waals surface area contributed by atoms with Gasteiger partial charge in [0.15, 0.2) is 0 Å². The second-order valence-electron chi connectivity index (χ2n) is 11.7. The molecule has 0 aliphatic heterocycles. The molecule has 0 aromatic heterocycles. The third kappa shape index (κ3) is 7.57. The minimum Gasteiger partial charge on any atom is -0.507 e. The molecule has 0 radical (unpaired) electrons. The molecule has 5 aromatic carbocycles. The molecule has 0 saturated heterocycles. The Morgan fingerprint density at radius 1 is 0.735 bits per heavy atom. The summed E-state index contributed by atoms with van der Waals surface area (Å²) in [7, 11) is 3.24. The van der Waals surface area contributed by atoms with E-state index in [1.165, 1.54) is 48.5 Å². The maximum atomic E-state index is 14.6. The molecule has 0 bridgehead atoms. The lowest BCUT2D eigenvalue weighted by Gasteiger charge is -2.28. The van der Waals surface area contributed by atoms with E-state index >= 15 is 0 Å². The van der Waals surface area contributed by atoms with Gasteiger partial charge in [-0.15, -0.1) is 0 Å². The largest absolute Gasteiger partial charge is 0.507 e. The van der Waals surface area contributed by atoms with Gasteiger partial charge in [-0.05, 0) is 85.8 Å². The zero-order chi connectivity index (χ0) is 35.5. The van der Waals surface area contributed by atoms with E-state index in [4.69, 9.17) is 0 Å². The maximum Gasteiger partial charge on any atom is 0.269 e. The van der Waals surface area contributed by atoms with Crippen molar-refractivity contribution in [2.75, 3.05) is 52.9 Å². The van der Waals surface area contributed by atoms with E-state index in [9.17, 15) is 28.4 Å². The van der Waals surface area contributed by atoms with Gasteiger partial charge in [-0.3, -0.25) is 14.9 Å². The summed E-state index contributed by atoms with van der Waals surface area (Å²) in [6, 6.07) is 28.5. The van der Waals surface area contributed by atoms with Gasteiger partial charge < -0.3 is 25.5 Å². The van der Waals surface area contributed by atoms with Crippen molar-refractivity contribution in [3.63, 3.8) is 0 Å². The number of carbonyl (C=O) groups is 1. The average Bonchev–Trinajstić information content (AvgIpc) is 3.06. The zero-order valence-electron chi connectivity index (χ0n) is 27.6. The van der Waals surface area contributed by atoms with E-state index in [1.54, 1.807) is 36.4 Å². The number of nitro benzene ring substituents is 1. The van der Waals surface area contributed by atoms with Gasteiger partial charge in [-0.2, -0.15) is 0 Å². The molecule has 0 fully saturated rings. The molecule has 0 atom stereocenters. The molecule has 252 valence electrons. The fraction of sp³-hybridized carbons (Fsp3) is 0.139. The summed E-state index contributed by atoms with van der Waals surface area (Å²) in [5, 5.41) is 28.2. The third-order valence-electron chi connectivity index (χ3n) is 7.74. The first-order chi connectivity index (χ1) is 23.2. The monoisotopic (exact) mass is 680 g/mol. The van der Waals surface area contributed by atoms with E-state index in [0.717, 1.165) is 21.2 Å². The molecule has 0 heterocycles. The highest BCUT2D eigenvalue weighted by Crippen LogP contribution is 2.42. The van der Waals surface area contributed by atoms with Crippen molar-refractivity contribution in [3.05, 3.63) is 130 Å². The minimum absolute atomic E-state index is 0.0148. The van der Waals surface area contributed by atoms with Gasteiger partial charge in [0, 0.05) is 69.1 Å². The molecule has 3 N–H and O–H groups in total. The highest BCUT2D eigenvalue weighted by Gasteiger charge is 2.31. The van der Waals surface area contributed by atoms with Crippen molar-refractivity contribution in [2.45, 2.75) is 11.8 Å². The fourth-order valence-corrected chi connectivity index (χ4v) is 6.50. The van der Waals surface area contributed by atoms with Crippen molar-refractivity contribution < 1.29 is 23.2 Å². The van der Waals surface area contributed by atoms with Crippen molar-refractivity contribution in [3.8, 4) is 5.75 Å². The second kappa shape index (κ2) is 14.0. The quantitative estimate of drug-likeness (QED) is 0.0968. The lowest BCUT2D eigenvalue weighted by Crippen LogP contribution is -2.27. The minimum atomic E-state index is -4.32. The van der Waals surface area contributed by atoms with Gasteiger partial charge in [0.2, 0.25) is 0 Å². The normalized spacial score (nSPS) is 11.0. The molecule has 0 saturated carbocycles. The first-order valence-electron chi connectivity index (χ1n) is 15.1. The number of amides is 1. The molecule has 0 aliphatic rings. The predicted octanol–water partition coefficient (Wildman–Crippen LogP) is 7.26. The molecule has 5 aromatic rings. The summed E-state index contributed by atoms with van der Waals surface area (Å²) in [5.41, 5.74) is 3.65. The second-order valence-corrected chi connectivity index (χ2v) is 13.5. The molecule has 5 rings (SSSR count). The highest BCUT2D eigenvalue weighted by atomic mass is 32.2. The lowest BCUT2D eigenvalue weighted by molar-refractivity contribution is -0.384. The van der Waals surface area contributed by atoms with Crippen LogP contribution in [0, 0.1) is 17.0 Å². The van der Waals surface area contributed by atoms with Crippen LogP contribution in [0.1, 0.15) is 15.9 Å². The number of carbonyl (C=O) groups excluding carboxylic acids is 1. The predicted molar refractivity (Wildman–Crippen MR) is 194 cm³/mol. The molecule has 0 unspecified atom stereocenters. The fourth-order valence-electron chi connectivity index (χ4n) is 5.00. The zero-order valence-corrected chi connectivity index (χ0v) is 28.4. The molecular weight excluding hydrogens is 644 g/mol. The third-order valence-corrected chi connectivity index (χ3v) is 9.49. The van der Waals surface area contributed by atoms with Crippen molar-refractivity contribution >= 4 is 61.4 Å². The number of aryl methyl sites for hydroxylation is 1. The number of phenols is 1. The van der Waals surface area contributed by atoms with E-state index in [1.807, 2.05) is 69.2 Å². The van der Waals surface area contributed by atoms with Crippen LogP contribution < -0.4 is 24.7 Å². The summed E-state index contributed by atoms with van der Waals surface area (Å²) >= 11 is 0. The van der Waals surface area contributed by atoms with Crippen LogP contribution in [0.15, 0.2) is 114 Å². The molecule has 13 heteroatoms. The Bertz CT molecular complexity index is 2080. The standard InChI is InChI=1S/C36H36N6O6S/c1-24-6-20-31(21-7-24)49(47,48)41(29-18-16-28(17-19-29)40(4)5)34-22-32(36(44)38-26-10-14-30(15-11-26)42(45)46)35(43)23-33(34)37-25-8-12-27(13-9-25)39(2)3/h6-23,37,43H,1-5H3,(H,38,44). The summed E-state index contributed by atoms with van der Waals surface area (Å²) in [6.45, 7) is 1.85. The summed E-state index contributed by atoms with van der Waals surface area (Å²) in [4.78, 5) is 28.0. The molecule has 12 nitrogen and oxygen atoms in total. The number of rotatable bonds is 11. The number of benzene rings is 5. The van der Waals surface area contributed by atoms with Gasteiger partial charge in [0.1, 0.15) is 5.75 Å². The van der Waals surface area contributed by atoms with E-state index in [2.05, 4.69) is 10.6 Å². The van der Waals surface area contributed by atoms with Crippen LogP contribution in [0.4, 0.5) is 45.5 Å². The van der Waals surface area contributed by atoms with E-state index in [-0.39, 0.29) is 38.9 Å². The Balaban J connectivity index is 1.70. The molecular formula is C36H36N6O6S. The van der Waals surface area contributed by atoms with Crippen molar-refractivity contribution in [1.82, 2.24) is 0 Å². The first-order valence-corrected chi connectivity index (χ1v) is 16.6. The number of aromatic hydroxyl groups is 1. The van der Waals surface area contributed by atoms with Crippen LogP contribution >= 0.6 is 0 Å². The smallest absolute Gasteiger partial charge is 0.269 e. The SMILES string of the molecule is Cc1ccc(S(=O)(=O)N(c2ccc(N(C)C)cc2)c2cc(C(=O)Nc3ccc([N+](=O)[O-])cc3)c(O)cc2Nc2ccc(N(C)C)cc2)cc1. The first kappa shape index (κ1) is 34.3. The van der Waals surface area contributed by atoms with Crippen LogP contribution in [0.5, 0.6) is 5.75 Å². The number of hydrogen-bond acceptors (Lipinski definition) is 9. The number of nitrogens with one attached hydrogen (secondary N) is 2. The lowest BCUT2D eigenvalue weighted by atomic mass is 10.1. The number of anilines is 7. The van der Waals surface area contributed by atoms with Gasteiger partial charge in [-0.25, -0.2) is 12.7 Å². The van der Waals surface area contributed by atoms with E-state index in [0.29, 0.717) is 5.69 Å².